The number of hydrogen-bond acceptors (Lipinski definition) is 4. The van der Waals surface area contributed by atoms with Gasteiger partial charge in [0.1, 0.15) is 5.75 Å². The Bertz CT molecular complexity index is 748. The number of benzene rings is 1. The summed E-state index contributed by atoms with van der Waals surface area (Å²) in [5.41, 5.74) is 1.01. The van der Waals surface area contributed by atoms with Crippen LogP contribution in [0.15, 0.2) is 24.3 Å². The lowest BCUT2D eigenvalue weighted by molar-refractivity contribution is -0.126. The molecule has 0 heterocycles. The smallest absolute Gasteiger partial charge is 0.223 e. The van der Waals surface area contributed by atoms with Crippen LogP contribution in [0.5, 0.6) is 5.75 Å². The molecule has 6 nitrogen and oxygen atoms in total. The van der Waals surface area contributed by atoms with Gasteiger partial charge in [0.25, 0.3) is 0 Å². The lowest BCUT2D eigenvalue weighted by atomic mass is 9.86. The van der Waals surface area contributed by atoms with Crippen LogP contribution >= 0.6 is 0 Å². The topological polar surface area (TPSA) is 84.5 Å². The molecule has 0 unspecified atom stereocenters. The summed E-state index contributed by atoms with van der Waals surface area (Å²) in [6.07, 6.45) is 3.72. The van der Waals surface area contributed by atoms with Gasteiger partial charge >= 0.3 is 0 Å². The number of sulfonamides is 1. The molecule has 2 N–H and O–H groups in total. The van der Waals surface area contributed by atoms with Crippen molar-refractivity contribution in [2.75, 3.05) is 6.61 Å². The summed E-state index contributed by atoms with van der Waals surface area (Å²) in [4.78, 5) is 12.5. The van der Waals surface area contributed by atoms with Crippen molar-refractivity contribution >= 4 is 15.9 Å². The van der Waals surface area contributed by atoms with Gasteiger partial charge in [0.2, 0.25) is 15.9 Å². The molecule has 0 aromatic heterocycles. The van der Waals surface area contributed by atoms with Gasteiger partial charge in [0, 0.05) is 18.5 Å². The highest BCUT2D eigenvalue weighted by Gasteiger charge is 2.33. The Hall–Kier alpha value is -1.60. The summed E-state index contributed by atoms with van der Waals surface area (Å²) >= 11 is 0. The van der Waals surface area contributed by atoms with Crippen molar-refractivity contribution in [3.63, 3.8) is 0 Å². The third kappa shape index (κ3) is 6.48. The summed E-state index contributed by atoms with van der Waals surface area (Å²) in [6.45, 7) is 8.29. The van der Waals surface area contributed by atoms with Crippen molar-refractivity contribution in [3.8, 4) is 5.75 Å². The third-order valence-corrected chi connectivity index (χ3v) is 7.32. The first kappa shape index (κ1) is 22.7. The molecule has 1 aromatic carbocycles. The fraction of sp³-hybridized carbons (Fsp3) is 0.667. The molecule has 1 aliphatic rings. The minimum absolute atomic E-state index is 0.0389. The predicted octanol–water partition coefficient (Wildman–Crippen LogP) is 3.37. The van der Waals surface area contributed by atoms with Crippen molar-refractivity contribution < 1.29 is 17.9 Å². The molecule has 1 fully saturated rings. The summed E-state index contributed by atoms with van der Waals surface area (Å²) in [7, 11) is -3.35. The first-order valence-corrected chi connectivity index (χ1v) is 11.6. The second-order valence-electron chi connectivity index (χ2n) is 8.50. The molecule has 0 spiro atoms. The highest BCUT2D eigenvalue weighted by Crippen LogP contribution is 2.26. The SMILES string of the molecule is CCCOc1cccc(CNC(=O)C2CCC(NS(=O)(=O)C(C)(C)C)CC2)c1. The van der Waals surface area contributed by atoms with Crippen LogP contribution < -0.4 is 14.8 Å². The Kier molecular flexibility index (Phi) is 7.89. The van der Waals surface area contributed by atoms with E-state index in [2.05, 4.69) is 17.0 Å². The van der Waals surface area contributed by atoms with E-state index in [1.54, 1.807) is 20.8 Å². The molecule has 0 atom stereocenters. The van der Waals surface area contributed by atoms with Crippen molar-refractivity contribution in [1.82, 2.24) is 10.0 Å². The minimum Gasteiger partial charge on any atom is -0.494 e. The molecule has 1 saturated carbocycles. The van der Waals surface area contributed by atoms with Gasteiger partial charge in [-0.15, -0.1) is 0 Å². The van der Waals surface area contributed by atoms with Crippen LogP contribution in [0.1, 0.15) is 65.4 Å². The van der Waals surface area contributed by atoms with Crippen molar-refractivity contribution in [2.45, 2.75) is 77.1 Å². The average molecular weight is 411 g/mol. The molecule has 0 saturated heterocycles. The lowest BCUT2D eigenvalue weighted by Crippen LogP contribution is -2.46. The third-order valence-electron chi connectivity index (χ3n) is 5.06. The number of hydrogen-bond donors (Lipinski definition) is 2. The summed E-state index contributed by atoms with van der Waals surface area (Å²) < 4.78 is 32.2. The van der Waals surface area contributed by atoms with Crippen LogP contribution in [0.2, 0.25) is 0 Å². The molecule has 158 valence electrons. The molecule has 1 aromatic rings. The van der Waals surface area contributed by atoms with E-state index in [1.165, 1.54) is 0 Å². The lowest BCUT2D eigenvalue weighted by Gasteiger charge is -2.30. The predicted molar refractivity (Wildman–Crippen MR) is 112 cm³/mol. The van der Waals surface area contributed by atoms with Crippen LogP contribution in [0.25, 0.3) is 0 Å². The summed E-state index contributed by atoms with van der Waals surface area (Å²) in [5, 5.41) is 3.01. The number of carbonyl (C=O) groups excluding carboxylic acids is 1. The maximum atomic E-state index is 12.5. The number of nitrogens with one attached hydrogen (secondary N) is 2. The summed E-state index contributed by atoms with van der Waals surface area (Å²) in [5.74, 6) is 0.798. The fourth-order valence-corrected chi connectivity index (χ4v) is 4.20. The Morgan fingerprint density at radius 3 is 2.46 bits per heavy atom. The molecule has 0 radical (unpaired) electrons. The van der Waals surface area contributed by atoms with E-state index in [1.807, 2.05) is 24.3 Å². The van der Waals surface area contributed by atoms with E-state index >= 15 is 0 Å². The fourth-order valence-electron chi connectivity index (χ4n) is 3.17. The minimum atomic E-state index is -3.35. The van der Waals surface area contributed by atoms with Gasteiger partial charge in [-0.05, 0) is 70.6 Å². The van der Waals surface area contributed by atoms with Crippen molar-refractivity contribution in [2.24, 2.45) is 5.92 Å². The van der Waals surface area contributed by atoms with E-state index in [9.17, 15) is 13.2 Å². The molecule has 0 bridgehead atoms. The van der Waals surface area contributed by atoms with Gasteiger partial charge in [-0.25, -0.2) is 13.1 Å². The van der Waals surface area contributed by atoms with E-state index in [0.29, 0.717) is 38.8 Å². The van der Waals surface area contributed by atoms with Crippen LogP contribution in [0.4, 0.5) is 0 Å². The largest absolute Gasteiger partial charge is 0.494 e. The van der Waals surface area contributed by atoms with Crippen molar-refractivity contribution in [1.29, 1.82) is 0 Å². The first-order chi connectivity index (χ1) is 13.1. The molecule has 28 heavy (non-hydrogen) atoms. The van der Waals surface area contributed by atoms with Gasteiger partial charge in [-0.3, -0.25) is 4.79 Å². The van der Waals surface area contributed by atoms with Gasteiger partial charge < -0.3 is 10.1 Å². The number of rotatable bonds is 8. The van der Waals surface area contributed by atoms with Gasteiger partial charge in [0.05, 0.1) is 11.4 Å². The van der Waals surface area contributed by atoms with Crippen molar-refractivity contribution in [3.05, 3.63) is 29.8 Å². The molecule has 2 rings (SSSR count). The number of amides is 1. The Balaban J connectivity index is 1.79. The van der Waals surface area contributed by atoms with E-state index in [4.69, 9.17) is 4.74 Å². The maximum Gasteiger partial charge on any atom is 0.223 e. The summed E-state index contributed by atoms with van der Waals surface area (Å²) in [6, 6.07) is 7.69. The zero-order chi connectivity index (χ0) is 20.8. The van der Waals surface area contributed by atoms with E-state index in [0.717, 1.165) is 17.7 Å². The second-order valence-corrected chi connectivity index (χ2v) is 11.0. The standard InChI is InChI=1S/C21H34N2O4S/c1-5-13-27-19-8-6-7-16(14-19)15-22-20(24)17-9-11-18(12-10-17)23-28(25,26)21(2,3)4/h6-8,14,17-18,23H,5,9-13,15H2,1-4H3,(H,22,24). The maximum absolute atomic E-state index is 12.5. The van der Waals surface area contributed by atoms with Gasteiger partial charge in [0.15, 0.2) is 0 Å². The molecule has 0 aliphatic heterocycles. The monoisotopic (exact) mass is 410 g/mol. The molecular formula is C21H34N2O4S. The Morgan fingerprint density at radius 2 is 1.86 bits per heavy atom. The normalized spacial score (nSPS) is 20.6. The Labute approximate surface area is 169 Å². The van der Waals surface area contributed by atoms with Crippen LogP contribution in [-0.2, 0) is 21.4 Å². The average Bonchev–Trinajstić information content (AvgIpc) is 2.64. The molecular weight excluding hydrogens is 376 g/mol. The number of ether oxygens (including phenoxy) is 1. The van der Waals surface area contributed by atoms with Gasteiger partial charge in [-0.1, -0.05) is 19.1 Å². The van der Waals surface area contributed by atoms with E-state index in [-0.39, 0.29) is 17.9 Å². The van der Waals surface area contributed by atoms with Crippen LogP contribution in [0, 0.1) is 5.92 Å². The zero-order valence-electron chi connectivity index (χ0n) is 17.5. The highest BCUT2D eigenvalue weighted by molar-refractivity contribution is 7.90. The Morgan fingerprint density at radius 1 is 1.18 bits per heavy atom. The van der Waals surface area contributed by atoms with Crippen LogP contribution in [0.3, 0.4) is 0 Å². The number of carbonyl (C=O) groups is 1. The second kappa shape index (κ2) is 9.74. The molecule has 7 heteroatoms. The van der Waals surface area contributed by atoms with E-state index < -0.39 is 14.8 Å². The zero-order valence-corrected chi connectivity index (χ0v) is 18.3. The molecule has 1 amide bonds. The van der Waals surface area contributed by atoms with Gasteiger partial charge in [-0.2, -0.15) is 0 Å². The quantitative estimate of drug-likeness (QED) is 0.688. The first-order valence-electron chi connectivity index (χ1n) is 10.1. The van der Waals surface area contributed by atoms with Crippen LogP contribution in [-0.4, -0.2) is 31.7 Å². The highest BCUT2D eigenvalue weighted by atomic mass is 32.2. The molecule has 1 aliphatic carbocycles.